The molecule has 0 saturated heterocycles. The van der Waals surface area contributed by atoms with Gasteiger partial charge in [0.25, 0.3) is 5.56 Å². The molecule has 2 aromatic heterocycles. The zero-order chi connectivity index (χ0) is 19.7. The molecular weight excluding hydrogens is 392 g/mol. The van der Waals surface area contributed by atoms with Crippen LogP contribution in [0.4, 0.5) is 0 Å². The topological polar surface area (TPSA) is 61.2 Å². The fourth-order valence-electron chi connectivity index (χ4n) is 3.58. The number of aryl methyl sites for hydroxylation is 2. The first-order valence-electron chi connectivity index (χ1n) is 9.47. The molecule has 7 heteroatoms. The van der Waals surface area contributed by atoms with Gasteiger partial charge in [-0.3, -0.25) is 14.2 Å². The van der Waals surface area contributed by atoms with Crippen LogP contribution >= 0.6 is 23.1 Å². The first-order valence-corrected chi connectivity index (χ1v) is 11.3. The van der Waals surface area contributed by atoms with Gasteiger partial charge in [0, 0.05) is 17.0 Å². The smallest absolute Gasteiger partial charge is 0.263 e. The van der Waals surface area contributed by atoms with E-state index in [1.807, 2.05) is 6.92 Å². The lowest BCUT2D eigenvalue weighted by molar-refractivity contribution is 0.102. The fraction of sp³-hybridized carbons (Fsp3) is 0.381. The molecule has 0 atom stereocenters. The Balaban J connectivity index is 1.63. The van der Waals surface area contributed by atoms with Crippen molar-refractivity contribution in [2.75, 3.05) is 12.9 Å². The second-order valence-corrected chi connectivity index (χ2v) is 8.86. The van der Waals surface area contributed by atoms with Crippen LogP contribution in [0.5, 0.6) is 5.75 Å². The van der Waals surface area contributed by atoms with Gasteiger partial charge >= 0.3 is 0 Å². The molecule has 0 saturated carbocycles. The molecule has 4 rings (SSSR count). The minimum atomic E-state index is 0.0127. The number of Topliss-reactive ketones (excluding diaryl/α,β-unsaturated/α-hetero) is 1. The third kappa shape index (κ3) is 3.49. The Labute approximate surface area is 171 Å². The van der Waals surface area contributed by atoms with Crippen molar-refractivity contribution in [3.63, 3.8) is 0 Å². The summed E-state index contributed by atoms with van der Waals surface area (Å²) in [7, 11) is 1.60. The highest BCUT2D eigenvalue weighted by Crippen LogP contribution is 2.35. The number of thioether (sulfide) groups is 1. The van der Waals surface area contributed by atoms with Gasteiger partial charge in [0.1, 0.15) is 10.6 Å². The van der Waals surface area contributed by atoms with Gasteiger partial charge in [-0.1, -0.05) is 18.7 Å². The van der Waals surface area contributed by atoms with Crippen molar-refractivity contribution >= 4 is 39.1 Å². The molecule has 0 unspecified atom stereocenters. The number of carbonyl (C=O) groups is 1. The minimum Gasteiger partial charge on any atom is -0.497 e. The summed E-state index contributed by atoms with van der Waals surface area (Å²) in [6.45, 7) is 2.66. The second-order valence-electron chi connectivity index (χ2n) is 6.83. The van der Waals surface area contributed by atoms with Crippen LogP contribution in [0.2, 0.25) is 0 Å². The molecule has 1 aliphatic rings. The average Bonchev–Trinajstić information content (AvgIpc) is 3.29. The number of methoxy groups -OCH3 is 1. The quantitative estimate of drug-likeness (QED) is 0.327. The molecule has 1 aromatic carbocycles. The van der Waals surface area contributed by atoms with Crippen molar-refractivity contribution < 1.29 is 9.53 Å². The lowest BCUT2D eigenvalue weighted by atomic mass is 10.1. The highest BCUT2D eigenvalue weighted by molar-refractivity contribution is 7.99. The number of carbonyl (C=O) groups excluding carboxylic acids is 1. The van der Waals surface area contributed by atoms with Crippen molar-refractivity contribution in [3.05, 3.63) is 50.6 Å². The van der Waals surface area contributed by atoms with Crippen molar-refractivity contribution in [2.24, 2.45) is 0 Å². The Bertz CT molecular complexity index is 1080. The molecule has 3 aromatic rings. The summed E-state index contributed by atoms with van der Waals surface area (Å²) in [6, 6.07) is 7.09. The van der Waals surface area contributed by atoms with Crippen LogP contribution in [0.1, 0.15) is 40.6 Å². The van der Waals surface area contributed by atoms with E-state index in [2.05, 4.69) is 0 Å². The van der Waals surface area contributed by atoms with E-state index in [1.54, 1.807) is 47.3 Å². The van der Waals surface area contributed by atoms with E-state index in [0.29, 0.717) is 17.3 Å². The largest absolute Gasteiger partial charge is 0.497 e. The van der Waals surface area contributed by atoms with Gasteiger partial charge in [0.15, 0.2) is 10.9 Å². The SMILES string of the molecule is CCCn1c(SCC(=O)c2ccc(OC)cc2)nc2sc3c(c2c1=O)CCC3. The molecule has 0 N–H and O–H groups in total. The third-order valence-corrected chi connectivity index (χ3v) is 7.14. The monoisotopic (exact) mass is 414 g/mol. The first kappa shape index (κ1) is 19.2. The van der Waals surface area contributed by atoms with Gasteiger partial charge in [0.05, 0.1) is 18.2 Å². The molecule has 0 spiro atoms. The molecule has 28 heavy (non-hydrogen) atoms. The Morgan fingerprint density at radius 1 is 1.29 bits per heavy atom. The highest BCUT2D eigenvalue weighted by atomic mass is 32.2. The molecule has 0 amide bonds. The number of benzene rings is 1. The predicted molar refractivity (Wildman–Crippen MR) is 114 cm³/mol. The molecule has 5 nitrogen and oxygen atoms in total. The van der Waals surface area contributed by atoms with Crippen LogP contribution in [0.15, 0.2) is 34.2 Å². The maximum Gasteiger partial charge on any atom is 0.263 e. The number of hydrogen-bond acceptors (Lipinski definition) is 6. The minimum absolute atomic E-state index is 0.0127. The van der Waals surface area contributed by atoms with Gasteiger partial charge in [-0.25, -0.2) is 4.98 Å². The van der Waals surface area contributed by atoms with Crippen LogP contribution in [-0.2, 0) is 19.4 Å². The standard InChI is InChI=1S/C21H22N2O3S2/c1-3-11-23-20(25)18-15-5-4-6-17(15)28-19(18)22-21(23)27-12-16(24)13-7-9-14(26-2)10-8-13/h7-10H,3-6,11-12H2,1-2H3. The summed E-state index contributed by atoms with van der Waals surface area (Å²) in [5.41, 5.74) is 1.88. The normalized spacial score (nSPS) is 13.1. The second kappa shape index (κ2) is 8.09. The number of aromatic nitrogens is 2. The Morgan fingerprint density at radius 2 is 2.07 bits per heavy atom. The Kier molecular flexibility index (Phi) is 5.55. The van der Waals surface area contributed by atoms with Gasteiger partial charge in [-0.2, -0.15) is 0 Å². The number of nitrogens with zero attached hydrogens (tertiary/aromatic N) is 2. The first-order chi connectivity index (χ1) is 13.6. The number of ether oxygens (including phenoxy) is 1. The van der Waals surface area contributed by atoms with Crippen molar-refractivity contribution in [2.45, 2.75) is 44.3 Å². The Morgan fingerprint density at radius 3 is 2.79 bits per heavy atom. The lowest BCUT2D eigenvalue weighted by Crippen LogP contribution is -2.23. The van der Waals surface area contributed by atoms with E-state index in [0.717, 1.165) is 41.6 Å². The highest BCUT2D eigenvalue weighted by Gasteiger charge is 2.23. The molecule has 0 aliphatic heterocycles. The van der Waals surface area contributed by atoms with Crippen LogP contribution in [0.25, 0.3) is 10.2 Å². The van der Waals surface area contributed by atoms with E-state index in [4.69, 9.17) is 9.72 Å². The number of fused-ring (bicyclic) bond motifs is 3. The summed E-state index contributed by atoms with van der Waals surface area (Å²) in [4.78, 5) is 32.6. The summed E-state index contributed by atoms with van der Waals surface area (Å²) in [5.74, 6) is 0.983. The predicted octanol–water partition coefficient (Wildman–Crippen LogP) is 4.34. The molecule has 0 fully saturated rings. The van der Waals surface area contributed by atoms with Crippen molar-refractivity contribution in [1.82, 2.24) is 9.55 Å². The van der Waals surface area contributed by atoms with E-state index in [-0.39, 0.29) is 17.1 Å². The van der Waals surface area contributed by atoms with Crippen molar-refractivity contribution in [1.29, 1.82) is 0 Å². The van der Waals surface area contributed by atoms with E-state index < -0.39 is 0 Å². The summed E-state index contributed by atoms with van der Waals surface area (Å²) in [5, 5.41) is 1.44. The van der Waals surface area contributed by atoms with Gasteiger partial charge in [-0.15, -0.1) is 11.3 Å². The molecule has 0 bridgehead atoms. The third-order valence-electron chi connectivity index (χ3n) is 4.98. The number of ketones is 1. The molecular formula is C21H22N2O3S2. The molecule has 0 radical (unpaired) electrons. The summed E-state index contributed by atoms with van der Waals surface area (Å²) < 4.78 is 6.89. The van der Waals surface area contributed by atoms with E-state index in [9.17, 15) is 9.59 Å². The zero-order valence-electron chi connectivity index (χ0n) is 16.0. The number of thiophene rings is 1. The molecule has 2 heterocycles. The number of hydrogen-bond donors (Lipinski definition) is 0. The average molecular weight is 415 g/mol. The van der Waals surface area contributed by atoms with Crippen LogP contribution in [-0.4, -0.2) is 28.2 Å². The van der Waals surface area contributed by atoms with E-state index in [1.165, 1.54) is 22.2 Å². The van der Waals surface area contributed by atoms with Crippen molar-refractivity contribution in [3.8, 4) is 5.75 Å². The number of rotatable bonds is 7. The molecule has 1 aliphatic carbocycles. The maximum atomic E-state index is 13.2. The van der Waals surface area contributed by atoms with Gasteiger partial charge < -0.3 is 4.74 Å². The van der Waals surface area contributed by atoms with Gasteiger partial charge in [-0.05, 0) is 55.5 Å². The Hall–Kier alpha value is -2.12. The lowest BCUT2D eigenvalue weighted by Gasteiger charge is -2.11. The van der Waals surface area contributed by atoms with Gasteiger partial charge in [0.2, 0.25) is 0 Å². The fourth-order valence-corrected chi connectivity index (χ4v) is 5.80. The van der Waals surface area contributed by atoms with Crippen LogP contribution in [0, 0.1) is 0 Å². The van der Waals surface area contributed by atoms with E-state index >= 15 is 0 Å². The molecule has 146 valence electrons. The van der Waals surface area contributed by atoms with Crippen LogP contribution in [0.3, 0.4) is 0 Å². The zero-order valence-corrected chi connectivity index (χ0v) is 17.6. The summed E-state index contributed by atoms with van der Waals surface area (Å²) in [6.07, 6.45) is 3.99. The summed E-state index contributed by atoms with van der Waals surface area (Å²) >= 11 is 2.99. The maximum absolute atomic E-state index is 13.2. The van der Waals surface area contributed by atoms with Crippen LogP contribution < -0.4 is 10.3 Å².